The molecule has 0 aliphatic rings. The van der Waals surface area contributed by atoms with Gasteiger partial charge in [-0.05, 0) is 12.2 Å². The Morgan fingerprint density at radius 1 is 1.58 bits per heavy atom. The highest BCUT2D eigenvalue weighted by molar-refractivity contribution is 7.99. The van der Waals surface area contributed by atoms with Crippen molar-refractivity contribution in [2.45, 2.75) is 31.7 Å². The van der Waals surface area contributed by atoms with Crippen molar-refractivity contribution in [1.29, 1.82) is 0 Å². The molecule has 1 rings (SSSR count). The standard InChI is InChI=1S/C8H15N3S/c1-3-5-11-8(9)7(6-10-11)12-4-2/h6H,3-5,9H2,1-2H3. The normalized spacial score (nSPS) is 10.5. The van der Waals surface area contributed by atoms with Crippen LogP contribution in [0.3, 0.4) is 0 Å². The largest absolute Gasteiger partial charge is 0.383 e. The summed E-state index contributed by atoms with van der Waals surface area (Å²) in [5, 5.41) is 4.19. The third-order valence-corrected chi connectivity index (χ3v) is 2.49. The van der Waals surface area contributed by atoms with Gasteiger partial charge in [-0.25, -0.2) is 4.68 Å². The Hall–Kier alpha value is -0.640. The first kappa shape index (κ1) is 9.45. The van der Waals surface area contributed by atoms with Gasteiger partial charge in [0.25, 0.3) is 0 Å². The number of rotatable bonds is 4. The van der Waals surface area contributed by atoms with Crippen molar-refractivity contribution in [2.24, 2.45) is 0 Å². The Morgan fingerprint density at radius 2 is 2.33 bits per heavy atom. The Bertz CT molecular complexity index is 221. The zero-order valence-electron chi connectivity index (χ0n) is 7.58. The number of thioether (sulfide) groups is 1. The number of aryl methyl sites for hydroxylation is 1. The number of nitrogens with zero attached hydrogens (tertiary/aromatic N) is 2. The predicted octanol–water partition coefficient (Wildman–Crippen LogP) is 1.99. The Balaban J connectivity index is 2.74. The van der Waals surface area contributed by atoms with E-state index in [-0.39, 0.29) is 0 Å². The van der Waals surface area contributed by atoms with Gasteiger partial charge in [-0.1, -0.05) is 13.8 Å². The molecule has 0 unspecified atom stereocenters. The summed E-state index contributed by atoms with van der Waals surface area (Å²) in [6.45, 7) is 5.14. The molecule has 0 spiro atoms. The van der Waals surface area contributed by atoms with Crippen LogP contribution in [0, 0.1) is 0 Å². The van der Waals surface area contributed by atoms with Crippen LogP contribution in [0.2, 0.25) is 0 Å². The van der Waals surface area contributed by atoms with E-state index in [0.29, 0.717) is 0 Å². The SMILES string of the molecule is CCCn1ncc(SCC)c1N. The second kappa shape index (κ2) is 4.40. The van der Waals surface area contributed by atoms with Gasteiger partial charge < -0.3 is 5.73 Å². The van der Waals surface area contributed by atoms with E-state index in [4.69, 9.17) is 5.73 Å². The molecule has 1 heterocycles. The van der Waals surface area contributed by atoms with Gasteiger partial charge in [-0.2, -0.15) is 5.10 Å². The number of nitrogens with two attached hydrogens (primary N) is 1. The van der Waals surface area contributed by atoms with Gasteiger partial charge in [0.1, 0.15) is 5.82 Å². The summed E-state index contributed by atoms with van der Waals surface area (Å²) in [5.41, 5.74) is 5.86. The van der Waals surface area contributed by atoms with Crippen LogP contribution in [0.5, 0.6) is 0 Å². The maximum absolute atomic E-state index is 5.86. The maximum atomic E-state index is 5.86. The quantitative estimate of drug-likeness (QED) is 0.729. The molecule has 0 aliphatic carbocycles. The van der Waals surface area contributed by atoms with E-state index in [1.807, 2.05) is 10.9 Å². The third kappa shape index (κ3) is 1.94. The molecule has 0 bridgehead atoms. The van der Waals surface area contributed by atoms with Crippen molar-refractivity contribution >= 4 is 17.6 Å². The lowest BCUT2D eigenvalue weighted by Crippen LogP contribution is -2.03. The summed E-state index contributed by atoms with van der Waals surface area (Å²) in [5.74, 6) is 1.85. The average molecular weight is 185 g/mol. The lowest BCUT2D eigenvalue weighted by atomic mass is 10.5. The monoisotopic (exact) mass is 185 g/mol. The molecule has 1 aromatic heterocycles. The van der Waals surface area contributed by atoms with Crippen LogP contribution in [0.4, 0.5) is 5.82 Å². The van der Waals surface area contributed by atoms with Gasteiger partial charge in [0.15, 0.2) is 0 Å². The van der Waals surface area contributed by atoms with Gasteiger partial charge in [-0.15, -0.1) is 11.8 Å². The molecule has 0 aliphatic heterocycles. The van der Waals surface area contributed by atoms with Gasteiger partial charge >= 0.3 is 0 Å². The number of hydrogen-bond acceptors (Lipinski definition) is 3. The molecule has 0 atom stereocenters. The fourth-order valence-corrected chi connectivity index (χ4v) is 1.72. The highest BCUT2D eigenvalue weighted by Crippen LogP contribution is 2.23. The predicted molar refractivity (Wildman–Crippen MR) is 53.3 cm³/mol. The van der Waals surface area contributed by atoms with Gasteiger partial charge in [-0.3, -0.25) is 0 Å². The zero-order valence-corrected chi connectivity index (χ0v) is 8.40. The first-order valence-corrected chi connectivity index (χ1v) is 5.22. The zero-order chi connectivity index (χ0) is 8.97. The van der Waals surface area contributed by atoms with Crippen molar-refractivity contribution in [2.75, 3.05) is 11.5 Å². The van der Waals surface area contributed by atoms with E-state index in [9.17, 15) is 0 Å². The van der Waals surface area contributed by atoms with E-state index in [1.165, 1.54) is 0 Å². The maximum Gasteiger partial charge on any atom is 0.135 e. The third-order valence-electron chi connectivity index (χ3n) is 1.58. The van der Waals surface area contributed by atoms with Crippen molar-refractivity contribution in [1.82, 2.24) is 9.78 Å². The van der Waals surface area contributed by atoms with E-state index in [1.54, 1.807) is 11.8 Å². The van der Waals surface area contributed by atoms with Crippen LogP contribution in [-0.4, -0.2) is 15.5 Å². The fraction of sp³-hybridized carbons (Fsp3) is 0.625. The minimum atomic E-state index is 0.809. The van der Waals surface area contributed by atoms with Gasteiger partial charge in [0, 0.05) is 6.54 Å². The molecule has 0 fully saturated rings. The molecule has 2 N–H and O–H groups in total. The number of nitrogen functional groups attached to an aromatic ring is 1. The number of aromatic nitrogens is 2. The van der Waals surface area contributed by atoms with E-state index in [2.05, 4.69) is 18.9 Å². The average Bonchev–Trinajstić information content (AvgIpc) is 2.38. The lowest BCUT2D eigenvalue weighted by molar-refractivity contribution is 0.610. The first-order valence-electron chi connectivity index (χ1n) is 4.23. The van der Waals surface area contributed by atoms with Crippen LogP contribution in [0.25, 0.3) is 0 Å². The van der Waals surface area contributed by atoms with Crippen LogP contribution in [0.15, 0.2) is 11.1 Å². The van der Waals surface area contributed by atoms with E-state index in [0.717, 1.165) is 29.4 Å². The molecule has 0 amide bonds. The molecule has 1 aromatic rings. The Labute approximate surface area is 77.3 Å². The van der Waals surface area contributed by atoms with Crippen LogP contribution >= 0.6 is 11.8 Å². The van der Waals surface area contributed by atoms with Crippen molar-refractivity contribution < 1.29 is 0 Å². The summed E-state index contributed by atoms with van der Waals surface area (Å²) in [7, 11) is 0. The second-order valence-corrected chi connectivity index (χ2v) is 3.86. The summed E-state index contributed by atoms with van der Waals surface area (Å²) in [6.07, 6.45) is 2.92. The molecule has 0 saturated heterocycles. The highest BCUT2D eigenvalue weighted by atomic mass is 32.2. The van der Waals surface area contributed by atoms with Crippen LogP contribution in [-0.2, 0) is 6.54 Å². The Kier molecular flexibility index (Phi) is 3.47. The summed E-state index contributed by atoms with van der Waals surface area (Å²) >= 11 is 1.74. The minimum Gasteiger partial charge on any atom is -0.383 e. The van der Waals surface area contributed by atoms with Crippen molar-refractivity contribution in [3.05, 3.63) is 6.20 Å². The lowest BCUT2D eigenvalue weighted by Gasteiger charge is -2.01. The smallest absolute Gasteiger partial charge is 0.135 e. The van der Waals surface area contributed by atoms with Crippen LogP contribution in [0.1, 0.15) is 20.3 Å². The summed E-state index contributed by atoms with van der Waals surface area (Å²) in [4.78, 5) is 1.10. The Morgan fingerprint density at radius 3 is 2.92 bits per heavy atom. The fourth-order valence-electron chi connectivity index (χ4n) is 1.03. The summed E-state index contributed by atoms with van der Waals surface area (Å²) in [6, 6.07) is 0. The van der Waals surface area contributed by atoms with Gasteiger partial charge in [0.2, 0.25) is 0 Å². The van der Waals surface area contributed by atoms with Crippen LogP contribution < -0.4 is 5.73 Å². The molecule has 68 valence electrons. The summed E-state index contributed by atoms with van der Waals surface area (Å²) < 4.78 is 1.86. The topological polar surface area (TPSA) is 43.8 Å². The van der Waals surface area contributed by atoms with Gasteiger partial charge in [0.05, 0.1) is 11.1 Å². The van der Waals surface area contributed by atoms with E-state index < -0.39 is 0 Å². The molecule has 0 aromatic carbocycles. The molecule has 4 heteroatoms. The second-order valence-electron chi connectivity index (χ2n) is 2.55. The van der Waals surface area contributed by atoms with Crippen molar-refractivity contribution in [3.8, 4) is 0 Å². The molecular formula is C8H15N3S. The molecule has 0 saturated carbocycles. The van der Waals surface area contributed by atoms with Crippen molar-refractivity contribution in [3.63, 3.8) is 0 Å². The molecular weight excluding hydrogens is 170 g/mol. The number of hydrogen-bond donors (Lipinski definition) is 1. The molecule has 3 nitrogen and oxygen atoms in total. The molecule has 0 radical (unpaired) electrons. The van der Waals surface area contributed by atoms with E-state index >= 15 is 0 Å². The first-order chi connectivity index (χ1) is 5.79. The highest BCUT2D eigenvalue weighted by Gasteiger charge is 2.05. The minimum absolute atomic E-state index is 0.809. The number of anilines is 1. The molecule has 12 heavy (non-hydrogen) atoms.